The van der Waals surface area contributed by atoms with E-state index in [4.69, 9.17) is 4.74 Å². The van der Waals surface area contributed by atoms with Crippen LogP contribution in [-0.2, 0) is 19.1 Å². The van der Waals surface area contributed by atoms with Gasteiger partial charge in [-0.25, -0.2) is 0 Å². The molecule has 212 valence electrons. The Kier molecular flexibility index (Phi) is 10.8. The third-order valence-corrected chi connectivity index (χ3v) is 6.51. The fourth-order valence-corrected chi connectivity index (χ4v) is 4.52. The van der Waals surface area contributed by atoms with Crippen LogP contribution >= 0.6 is 15.9 Å². The molecule has 3 amide bonds. The number of alkyl halides is 3. The van der Waals surface area contributed by atoms with Crippen molar-refractivity contribution in [2.45, 2.75) is 51.6 Å². The molecule has 1 saturated heterocycles. The van der Waals surface area contributed by atoms with Gasteiger partial charge >= 0.3 is 6.36 Å². The van der Waals surface area contributed by atoms with Gasteiger partial charge in [-0.1, -0.05) is 28.1 Å². The second-order valence-corrected chi connectivity index (χ2v) is 10.3. The molecule has 0 aliphatic carbocycles. The lowest BCUT2D eigenvalue weighted by molar-refractivity contribution is -0.274. The third-order valence-electron chi connectivity index (χ3n) is 5.98. The quantitative estimate of drug-likeness (QED) is 0.321. The van der Waals surface area contributed by atoms with E-state index in [0.29, 0.717) is 26.0 Å². The minimum Gasteiger partial charge on any atom is -0.406 e. The molecule has 0 unspecified atom stereocenters. The molecule has 0 spiro atoms. The number of nitrogens with one attached hydrogen (secondary N) is 2. The van der Waals surface area contributed by atoms with Gasteiger partial charge in [0.15, 0.2) is 0 Å². The van der Waals surface area contributed by atoms with E-state index in [1.54, 1.807) is 0 Å². The summed E-state index contributed by atoms with van der Waals surface area (Å²) in [5.41, 5.74) is 1.11. The topological polar surface area (TPSA) is 97.0 Å². The Balaban J connectivity index is 1.62. The first-order valence-corrected chi connectivity index (χ1v) is 13.3. The molecule has 2 aromatic rings. The van der Waals surface area contributed by atoms with Crippen LogP contribution < -0.4 is 15.4 Å². The molecule has 39 heavy (non-hydrogen) atoms. The molecule has 2 atom stereocenters. The van der Waals surface area contributed by atoms with Crippen LogP contribution in [0.1, 0.15) is 44.7 Å². The predicted octanol–water partition coefficient (Wildman–Crippen LogP) is 5.20. The van der Waals surface area contributed by atoms with Gasteiger partial charge in [0.05, 0.1) is 12.1 Å². The summed E-state index contributed by atoms with van der Waals surface area (Å²) in [4.78, 5) is 40.2. The summed E-state index contributed by atoms with van der Waals surface area (Å²) in [6.45, 7) is 4.63. The fraction of sp³-hybridized carbons (Fsp3) is 0.444. The zero-order valence-corrected chi connectivity index (χ0v) is 23.2. The lowest BCUT2D eigenvalue weighted by atomic mass is 9.97. The van der Waals surface area contributed by atoms with Gasteiger partial charge in [-0.2, -0.15) is 0 Å². The number of halogens is 4. The number of carbonyl (C=O) groups is 3. The first-order chi connectivity index (χ1) is 18.4. The van der Waals surface area contributed by atoms with Crippen molar-refractivity contribution < 1.29 is 37.0 Å². The Morgan fingerprint density at radius 3 is 2.36 bits per heavy atom. The highest BCUT2D eigenvalue weighted by Gasteiger charge is 2.41. The van der Waals surface area contributed by atoms with E-state index in [0.717, 1.165) is 22.2 Å². The summed E-state index contributed by atoms with van der Waals surface area (Å²) >= 11 is 3.39. The summed E-state index contributed by atoms with van der Waals surface area (Å²) in [5.74, 6) is -2.17. The SMILES string of the molecule is CC(C)OCCCNC(=O)CN1C(=O)[C@@H](CC(=O)Nc2ccc(OC(F)(F)F)cc2)C[C@@H]1c1ccc(Br)cc1. The van der Waals surface area contributed by atoms with Crippen molar-refractivity contribution in [3.8, 4) is 5.75 Å². The zero-order chi connectivity index (χ0) is 28.6. The van der Waals surface area contributed by atoms with Gasteiger partial charge in [0.1, 0.15) is 12.3 Å². The molecule has 2 N–H and O–H groups in total. The number of carbonyl (C=O) groups excluding carboxylic acids is 3. The molecule has 12 heteroatoms. The molecule has 0 radical (unpaired) electrons. The summed E-state index contributed by atoms with van der Waals surface area (Å²) in [6, 6.07) is 11.8. The highest BCUT2D eigenvalue weighted by atomic mass is 79.9. The molecular weight excluding hydrogens is 583 g/mol. The summed E-state index contributed by atoms with van der Waals surface area (Å²) < 4.78 is 47.2. The van der Waals surface area contributed by atoms with Crippen LogP contribution in [0, 0.1) is 5.92 Å². The van der Waals surface area contributed by atoms with Gasteiger partial charge < -0.3 is 25.0 Å². The maximum Gasteiger partial charge on any atom is 0.573 e. The Hall–Kier alpha value is -3.12. The van der Waals surface area contributed by atoms with Crippen LogP contribution in [0.2, 0.25) is 0 Å². The van der Waals surface area contributed by atoms with E-state index in [2.05, 4.69) is 31.3 Å². The van der Waals surface area contributed by atoms with E-state index < -0.39 is 30.0 Å². The normalized spacial score (nSPS) is 17.4. The van der Waals surface area contributed by atoms with Gasteiger partial charge in [0, 0.05) is 35.7 Å². The van der Waals surface area contributed by atoms with Crippen LogP contribution in [0.15, 0.2) is 53.0 Å². The Morgan fingerprint density at radius 2 is 1.74 bits per heavy atom. The predicted molar refractivity (Wildman–Crippen MR) is 142 cm³/mol. The second kappa shape index (κ2) is 13.8. The van der Waals surface area contributed by atoms with Crippen molar-refractivity contribution in [1.82, 2.24) is 10.2 Å². The van der Waals surface area contributed by atoms with E-state index in [-0.39, 0.29) is 36.6 Å². The molecule has 1 fully saturated rings. The molecule has 0 saturated carbocycles. The Labute approximate surface area is 233 Å². The molecule has 8 nitrogen and oxygen atoms in total. The number of likely N-dealkylation sites (tertiary alicyclic amines) is 1. The molecule has 1 heterocycles. The Bertz CT molecular complexity index is 1130. The number of hydrogen-bond acceptors (Lipinski definition) is 5. The van der Waals surface area contributed by atoms with E-state index in [1.165, 1.54) is 17.0 Å². The van der Waals surface area contributed by atoms with Crippen LogP contribution in [0.4, 0.5) is 18.9 Å². The van der Waals surface area contributed by atoms with Gasteiger partial charge in [0.2, 0.25) is 17.7 Å². The standard InChI is InChI=1S/C27H31BrF3N3O5/c1-17(2)38-13-3-12-32-25(36)16-34-23(18-4-6-20(28)7-5-18)14-19(26(34)37)15-24(35)33-21-8-10-22(11-9-21)39-27(29,30)31/h4-11,17,19,23H,3,12-16H2,1-2H3,(H,32,36)(H,33,35)/t19-,23-/m1/s1. The highest BCUT2D eigenvalue weighted by Crippen LogP contribution is 2.38. The molecule has 3 rings (SSSR count). The lowest BCUT2D eigenvalue weighted by Gasteiger charge is -2.24. The monoisotopic (exact) mass is 613 g/mol. The Morgan fingerprint density at radius 1 is 1.08 bits per heavy atom. The van der Waals surface area contributed by atoms with Crippen LogP contribution in [0.3, 0.4) is 0 Å². The van der Waals surface area contributed by atoms with Crippen molar-refractivity contribution >= 4 is 39.3 Å². The van der Waals surface area contributed by atoms with E-state index in [1.807, 2.05) is 38.1 Å². The smallest absolute Gasteiger partial charge is 0.406 e. The minimum atomic E-state index is -4.82. The zero-order valence-electron chi connectivity index (χ0n) is 21.6. The first-order valence-electron chi connectivity index (χ1n) is 12.5. The van der Waals surface area contributed by atoms with Crippen LogP contribution in [0.25, 0.3) is 0 Å². The van der Waals surface area contributed by atoms with Crippen LogP contribution in [-0.4, -0.2) is 54.8 Å². The van der Waals surface area contributed by atoms with Crippen molar-refractivity contribution in [2.24, 2.45) is 5.92 Å². The van der Waals surface area contributed by atoms with Gasteiger partial charge in [-0.05, 0) is 68.7 Å². The minimum absolute atomic E-state index is 0.103. The molecule has 0 bridgehead atoms. The number of ether oxygens (including phenoxy) is 2. The average Bonchev–Trinajstić information content (AvgIpc) is 3.14. The molecule has 0 aromatic heterocycles. The van der Waals surface area contributed by atoms with Crippen molar-refractivity contribution in [1.29, 1.82) is 0 Å². The molecule has 1 aliphatic heterocycles. The van der Waals surface area contributed by atoms with Crippen molar-refractivity contribution in [3.63, 3.8) is 0 Å². The number of amides is 3. The number of nitrogens with zero attached hydrogens (tertiary/aromatic N) is 1. The summed E-state index contributed by atoms with van der Waals surface area (Å²) in [7, 11) is 0. The van der Waals surface area contributed by atoms with Gasteiger partial charge in [-0.3, -0.25) is 14.4 Å². The van der Waals surface area contributed by atoms with Gasteiger partial charge in [0.25, 0.3) is 0 Å². The number of hydrogen-bond donors (Lipinski definition) is 2. The number of benzene rings is 2. The number of anilines is 1. The fourth-order valence-electron chi connectivity index (χ4n) is 4.25. The molecule has 1 aliphatic rings. The van der Waals surface area contributed by atoms with E-state index >= 15 is 0 Å². The third kappa shape index (κ3) is 9.85. The second-order valence-electron chi connectivity index (χ2n) is 9.41. The summed E-state index contributed by atoms with van der Waals surface area (Å²) in [5, 5.41) is 5.41. The van der Waals surface area contributed by atoms with Crippen LogP contribution in [0.5, 0.6) is 5.75 Å². The largest absolute Gasteiger partial charge is 0.573 e. The van der Waals surface area contributed by atoms with Crippen molar-refractivity contribution in [2.75, 3.05) is 25.0 Å². The maximum atomic E-state index is 13.3. The molecule has 2 aromatic carbocycles. The maximum absolute atomic E-state index is 13.3. The van der Waals surface area contributed by atoms with E-state index in [9.17, 15) is 27.6 Å². The average molecular weight is 614 g/mol. The molecular formula is C27H31BrF3N3O5. The van der Waals surface area contributed by atoms with Crippen molar-refractivity contribution in [3.05, 3.63) is 58.6 Å². The summed E-state index contributed by atoms with van der Waals surface area (Å²) in [6.07, 6.45) is -3.88. The lowest BCUT2D eigenvalue weighted by Crippen LogP contribution is -2.40. The van der Waals surface area contributed by atoms with Gasteiger partial charge in [-0.15, -0.1) is 13.2 Å². The number of rotatable bonds is 12. The highest BCUT2D eigenvalue weighted by molar-refractivity contribution is 9.10. The first kappa shape index (κ1) is 30.4.